The van der Waals surface area contributed by atoms with Gasteiger partial charge >= 0.3 is 0 Å². The van der Waals surface area contributed by atoms with E-state index in [4.69, 9.17) is 5.73 Å². The van der Waals surface area contributed by atoms with E-state index in [-0.39, 0.29) is 5.82 Å². The lowest BCUT2D eigenvalue weighted by Gasteiger charge is -2.01. The first-order valence-electron chi connectivity index (χ1n) is 4.85. The Labute approximate surface area is 89.3 Å². The summed E-state index contributed by atoms with van der Waals surface area (Å²) in [5, 5.41) is 0. The van der Waals surface area contributed by atoms with Gasteiger partial charge in [0.2, 0.25) is 0 Å². The number of nitrogens with zero attached hydrogens (tertiary/aromatic N) is 1. The van der Waals surface area contributed by atoms with Gasteiger partial charge in [0.15, 0.2) is 0 Å². The number of hydrogen-bond donors (Lipinski definition) is 1. The summed E-state index contributed by atoms with van der Waals surface area (Å²) in [6.07, 6.45) is 3.39. The van der Waals surface area contributed by atoms with Crippen molar-refractivity contribution in [3.05, 3.63) is 41.9 Å². The Morgan fingerprint density at radius 2 is 1.93 bits per heavy atom. The van der Waals surface area contributed by atoms with Crippen LogP contribution in [-0.4, -0.2) is 6.21 Å². The summed E-state index contributed by atoms with van der Waals surface area (Å²) in [6, 6.07) is 5.99. The fourth-order valence-electron chi connectivity index (χ4n) is 0.929. The highest BCUT2D eigenvalue weighted by molar-refractivity contribution is 5.75. The van der Waals surface area contributed by atoms with Crippen molar-refractivity contribution in [1.29, 1.82) is 0 Å². The van der Waals surface area contributed by atoms with E-state index in [0.717, 1.165) is 5.70 Å². The quantitative estimate of drug-likeness (QED) is 0.758. The molecule has 0 saturated carbocycles. The van der Waals surface area contributed by atoms with Crippen LogP contribution in [0.2, 0.25) is 0 Å². The minimum absolute atomic E-state index is 0.258. The molecule has 0 heterocycles. The molecule has 2 nitrogen and oxygen atoms in total. The summed E-state index contributed by atoms with van der Waals surface area (Å²) in [5.41, 5.74) is 7.21. The summed E-state index contributed by atoms with van der Waals surface area (Å²) >= 11 is 0. The Kier molecular flexibility index (Phi) is 4.03. The summed E-state index contributed by atoms with van der Waals surface area (Å²) in [6.45, 7) is 4.02. The molecule has 1 rings (SSSR count). The van der Waals surface area contributed by atoms with Crippen LogP contribution in [-0.2, 0) is 0 Å². The predicted octanol–water partition coefficient (Wildman–Crippen LogP) is 3.03. The number of allylic oxidation sites excluding steroid dienone is 2. The average molecular weight is 206 g/mol. The van der Waals surface area contributed by atoms with Crippen LogP contribution in [0.4, 0.5) is 10.1 Å². The number of nitrogens with two attached hydrogens (primary N) is 1. The molecule has 0 bridgehead atoms. The van der Waals surface area contributed by atoms with Gasteiger partial charge in [-0.1, -0.05) is 13.8 Å². The monoisotopic (exact) mass is 206 g/mol. The van der Waals surface area contributed by atoms with Crippen LogP contribution in [0.1, 0.15) is 13.8 Å². The normalized spacial score (nSPS) is 12.7. The lowest BCUT2D eigenvalue weighted by Crippen LogP contribution is -2.04. The largest absolute Gasteiger partial charge is 0.402 e. The second-order valence-corrected chi connectivity index (χ2v) is 3.58. The van der Waals surface area contributed by atoms with Gasteiger partial charge < -0.3 is 5.73 Å². The van der Waals surface area contributed by atoms with E-state index in [2.05, 4.69) is 4.99 Å². The molecule has 0 aliphatic heterocycles. The number of aliphatic imine (C=N–C) groups is 1. The standard InChI is InChI=1S/C12H15FN2/c1-9(2)12(14)7-8-15-11-5-3-10(13)4-6-11/h3-9H,14H2,1-2H3. The van der Waals surface area contributed by atoms with E-state index < -0.39 is 0 Å². The fraction of sp³-hybridized carbons (Fsp3) is 0.250. The molecule has 0 amide bonds. The number of hydrogen-bond acceptors (Lipinski definition) is 2. The van der Waals surface area contributed by atoms with Crippen molar-refractivity contribution < 1.29 is 4.39 Å². The molecule has 1 aromatic rings. The average Bonchev–Trinajstić information content (AvgIpc) is 2.20. The molecule has 0 atom stereocenters. The van der Waals surface area contributed by atoms with Gasteiger partial charge in [0.25, 0.3) is 0 Å². The third-order valence-electron chi connectivity index (χ3n) is 1.98. The predicted molar refractivity (Wildman–Crippen MR) is 61.7 cm³/mol. The molecule has 3 heteroatoms. The van der Waals surface area contributed by atoms with Crippen molar-refractivity contribution in [3.63, 3.8) is 0 Å². The minimum Gasteiger partial charge on any atom is -0.402 e. The van der Waals surface area contributed by atoms with Crippen LogP contribution in [0.15, 0.2) is 41.0 Å². The van der Waals surface area contributed by atoms with Crippen molar-refractivity contribution in [2.24, 2.45) is 16.6 Å². The minimum atomic E-state index is -0.258. The van der Waals surface area contributed by atoms with Gasteiger partial charge in [-0.25, -0.2) is 4.39 Å². The molecular formula is C12H15FN2. The second kappa shape index (κ2) is 5.29. The molecule has 0 fully saturated rings. The Morgan fingerprint density at radius 3 is 2.47 bits per heavy atom. The first-order valence-corrected chi connectivity index (χ1v) is 4.85. The van der Waals surface area contributed by atoms with E-state index >= 15 is 0 Å². The first kappa shape index (κ1) is 11.4. The zero-order chi connectivity index (χ0) is 11.3. The van der Waals surface area contributed by atoms with Gasteiger partial charge in [-0.2, -0.15) is 0 Å². The maximum absolute atomic E-state index is 12.6. The Morgan fingerprint density at radius 1 is 1.33 bits per heavy atom. The molecule has 1 aromatic carbocycles. The van der Waals surface area contributed by atoms with Crippen molar-refractivity contribution in [2.45, 2.75) is 13.8 Å². The number of halogens is 1. The smallest absolute Gasteiger partial charge is 0.123 e. The van der Waals surface area contributed by atoms with Crippen molar-refractivity contribution in [1.82, 2.24) is 0 Å². The molecule has 2 N–H and O–H groups in total. The van der Waals surface area contributed by atoms with E-state index in [1.807, 2.05) is 13.8 Å². The van der Waals surface area contributed by atoms with Crippen molar-refractivity contribution >= 4 is 11.9 Å². The summed E-state index contributed by atoms with van der Waals surface area (Å²) in [7, 11) is 0. The van der Waals surface area contributed by atoms with E-state index in [1.165, 1.54) is 12.1 Å². The van der Waals surface area contributed by atoms with Crippen LogP contribution < -0.4 is 5.73 Å². The second-order valence-electron chi connectivity index (χ2n) is 3.58. The van der Waals surface area contributed by atoms with Crippen LogP contribution in [0, 0.1) is 11.7 Å². The highest BCUT2D eigenvalue weighted by Crippen LogP contribution is 2.11. The van der Waals surface area contributed by atoms with Crippen LogP contribution in [0.25, 0.3) is 0 Å². The van der Waals surface area contributed by atoms with Crippen molar-refractivity contribution in [3.8, 4) is 0 Å². The molecule has 0 aromatic heterocycles. The van der Waals surface area contributed by atoms with E-state index in [1.54, 1.807) is 24.4 Å². The number of rotatable bonds is 3. The molecule has 0 spiro atoms. The van der Waals surface area contributed by atoms with E-state index in [0.29, 0.717) is 11.6 Å². The molecule has 80 valence electrons. The number of benzene rings is 1. The SMILES string of the molecule is CC(C)C(N)=CC=Nc1ccc(F)cc1. The summed E-state index contributed by atoms with van der Waals surface area (Å²) in [4.78, 5) is 4.12. The van der Waals surface area contributed by atoms with Gasteiger partial charge in [-0.05, 0) is 36.3 Å². The summed E-state index contributed by atoms with van der Waals surface area (Å²) in [5.74, 6) is 0.0517. The third kappa shape index (κ3) is 3.94. The summed E-state index contributed by atoms with van der Waals surface area (Å²) < 4.78 is 12.6. The Balaban J connectivity index is 2.66. The maximum atomic E-state index is 12.6. The van der Waals surface area contributed by atoms with Crippen LogP contribution in [0.5, 0.6) is 0 Å². The zero-order valence-corrected chi connectivity index (χ0v) is 8.94. The van der Waals surface area contributed by atoms with Gasteiger partial charge in [0, 0.05) is 11.9 Å². The van der Waals surface area contributed by atoms with Crippen LogP contribution >= 0.6 is 0 Å². The molecule has 0 aliphatic rings. The zero-order valence-electron chi connectivity index (χ0n) is 8.94. The van der Waals surface area contributed by atoms with Crippen LogP contribution in [0.3, 0.4) is 0 Å². The topological polar surface area (TPSA) is 38.4 Å². The molecule has 0 unspecified atom stereocenters. The van der Waals surface area contributed by atoms with Gasteiger partial charge in [-0.3, -0.25) is 4.99 Å². The molecule has 0 saturated heterocycles. The van der Waals surface area contributed by atoms with Gasteiger partial charge in [0.05, 0.1) is 5.69 Å². The van der Waals surface area contributed by atoms with E-state index in [9.17, 15) is 4.39 Å². The maximum Gasteiger partial charge on any atom is 0.123 e. The molecule has 0 radical (unpaired) electrons. The highest BCUT2D eigenvalue weighted by Gasteiger charge is 1.94. The lowest BCUT2D eigenvalue weighted by atomic mass is 10.1. The highest BCUT2D eigenvalue weighted by atomic mass is 19.1. The third-order valence-corrected chi connectivity index (χ3v) is 1.98. The molecule has 15 heavy (non-hydrogen) atoms. The first-order chi connectivity index (χ1) is 7.09. The Bertz CT molecular complexity index is 364. The Hall–Kier alpha value is -1.64. The molecular weight excluding hydrogens is 191 g/mol. The van der Waals surface area contributed by atoms with Gasteiger partial charge in [0.1, 0.15) is 5.82 Å². The van der Waals surface area contributed by atoms with Gasteiger partial charge in [-0.15, -0.1) is 0 Å². The lowest BCUT2D eigenvalue weighted by molar-refractivity contribution is 0.628. The fourth-order valence-corrected chi connectivity index (χ4v) is 0.929. The molecule has 0 aliphatic carbocycles. The van der Waals surface area contributed by atoms with Crippen molar-refractivity contribution in [2.75, 3.05) is 0 Å².